The van der Waals surface area contributed by atoms with Gasteiger partial charge in [-0.15, -0.1) is 0 Å². The van der Waals surface area contributed by atoms with Crippen LogP contribution in [0.25, 0.3) is 0 Å². The molecule has 0 amide bonds. The molecular weight excluding hydrogens is 306 g/mol. The van der Waals surface area contributed by atoms with Crippen molar-refractivity contribution in [3.8, 4) is 0 Å². The third-order valence-electron chi connectivity index (χ3n) is 3.58. The molecule has 1 saturated heterocycles. The Hall–Kier alpha value is 0.829. The third-order valence-corrected chi connectivity index (χ3v) is 4.80. The van der Waals surface area contributed by atoms with Crippen molar-refractivity contribution in [2.24, 2.45) is 5.92 Å². The first-order valence-electron chi connectivity index (χ1n) is 6.92. The Morgan fingerprint density at radius 3 is 2.20 bits per heavy atom. The molecular formula is C17H23FeNS+2. The van der Waals surface area contributed by atoms with E-state index in [-0.39, 0.29) is 17.1 Å². The van der Waals surface area contributed by atoms with Crippen LogP contribution < -0.4 is 0 Å². The molecule has 3 fully saturated rings. The van der Waals surface area contributed by atoms with E-state index >= 15 is 0 Å². The number of thioether (sulfide) groups is 1. The Balaban J connectivity index is 0.000000283. The second-order valence-corrected chi connectivity index (χ2v) is 6.48. The van der Waals surface area contributed by atoms with Crippen LogP contribution in [0, 0.1) is 68.5 Å². The molecule has 3 heteroatoms. The maximum Gasteiger partial charge on any atom is 2.00 e. The number of hydrogen-bond donors (Lipinski definition) is 0. The molecule has 2 aliphatic carbocycles. The summed E-state index contributed by atoms with van der Waals surface area (Å²) in [6, 6.07) is 0.715. The Bertz CT molecular complexity index is 248. The fourth-order valence-electron chi connectivity index (χ4n) is 2.42. The van der Waals surface area contributed by atoms with Gasteiger partial charge in [0, 0.05) is 29.5 Å². The van der Waals surface area contributed by atoms with Crippen LogP contribution in [0.15, 0.2) is 0 Å². The summed E-state index contributed by atoms with van der Waals surface area (Å²) in [4.78, 5) is 2.49. The summed E-state index contributed by atoms with van der Waals surface area (Å²) >= 11 is 2.01. The zero-order chi connectivity index (χ0) is 13.7. The van der Waals surface area contributed by atoms with Gasteiger partial charge in [0.1, 0.15) is 0 Å². The Morgan fingerprint density at radius 1 is 1.05 bits per heavy atom. The van der Waals surface area contributed by atoms with E-state index in [4.69, 9.17) is 0 Å². The van der Waals surface area contributed by atoms with Gasteiger partial charge < -0.3 is 4.90 Å². The predicted molar refractivity (Wildman–Crippen MR) is 84.6 cm³/mol. The van der Waals surface area contributed by atoms with Gasteiger partial charge in [-0.1, -0.05) is 13.8 Å². The first kappa shape index (κ1) is 18.9. The fourth-order valence-corrected chi connectivity index (χ4v) is 3.91. The largest absolute Gasteiger partial charge is 2.00 e. The van der Waals surface area contributed by atoms with Crippen LogP contribution in [0.5, 0.6) is 0 Å². The maximum atomic E-state index is 2.49. The van der Waals surface area contributed by atoms with Gasteiger partial charge in [0.05, 0.1) is 0 Å². The molecule has 0 aromatic heterocycles. The van der Waals surface area contributed by atoms with E-state index in [1.165, 1.54) is 16.9 Å². The molecule has 0 bridgehead atoms. The minimum Gasteiger partial charge on any atom is -0.302 e. The Morgan fingerprint density at radius 2 is 1.65 bits per heavy atom. The van der Waals surface area contributed by atoms with Crippen molar-refractivity contribution >= 4 is 11.8 Å². The molecule has 1 atom stereocenters. The molecule has 1 heterocycles. The number of fused-ring (bicyclic) bond motifs is 1. The van der Waals surface area contributed by atoms with Crippen LogP contribution in [-0.4, -0.2) is 30.3 Å². The van der Waals surface area contributed by atoms with Crippen molar-refractivity contribution in [1.82, 2.24) is 4.90 Å². The molecule has 3 rings (SSSR count). The minimum absolute atomic E-state index is 0. The number of hydrogen-bond acceptors (Lipinski definition) is 2. The Labute approximate surface area is 141 Å². The monoisotopic (exact) mass is 329 g/mol. The molecule has 0 aromatic carbocycles. The summed E-state index contributed by atoms with van der Waals surface area (Å²) < 4.78 is 0. The topological polar surface area (TPSA) is 3.24 Å². The third kappa shape index (κ3) is 5.55. The smallest absolute Gasteiger partial charge is 0.302 e. The van der Waals surface area contributed by atoms with Gasteiger partial charge in [-0.25, -0.2) is 0 Å². The summed E-state index contributed by atoms with van der Waals surface area (Å²) in [7, 11) is 2.24. The van der Waals surface area contributed by atoms with Gasteiger partial charge in [-0.05, 0) is 64.3 Å². The first-order chi connectivity index (χ1) is 9.18. The fraction of sp³-hybridized carbons (Fsp3) is 0.412. The molecule has 0 spiro atoms. The molecule has 2 saturated carbocycles. The quantitative estimate of drug-likeness (QED) is 0.678. The van der Waals surface area contributed by atoms with Crippen molar-refractivity contribution in [1.29, 1.82) is 0 Å². The average molecular weight is 329 g/mol. The standard InChI is InChI=1S/C12H18NS.C5H5.Fe/c1-9(2)11-8-14-12-6-4-5-10(12)7-13(11)3;1-2-4-5-3-1;/h4-6,9,11H,7-8H2,1-3H3;1-5H;/q;;+2/t11-;;/m1../s1. The molecule has 0 aromatic rings. The number of nitrogens with zero attached hydrogens (tertiary/aromatic N) is 1. The van der Waals surface area contributed by atoms with Crippen molar-refractivity contribution in [2.75, 3.05) is 19.3 Å². The molecule has 3 aliphatic rings. The van der Waals surface area contributed by atoms with E-state index in [1.807, 2.05) is 43.9 Å². The van der Waals surface area contributed by atoms with Gasteiger partial charge in [0.25, 0.3) is 0 Å². The summed E-state index contributed by atoms with van der Waals surface area (Å²) in [5.74, 6) is 3.47. The summed E-state index contributed by atoms with van der Waals surface area (Å²) in [6.45, 7) is 5.74. The van der Waals surface area contributed by atoms with Crippen molar-refractivity contribution < 1.29 is 17.1 Å². The van der Waals surface area contributed by atoms with Crippen LogP contribution in [0.2, 0.25) is 0 Å². The van der Waals surface area contributed by atoms with E-state index < -0.39 is 0 Å². The van der Waals surface area contributed by atoms with Gasteiger partial charge in [0.15, 0.2) is 0 Å². The van der Waals surface area contributed by atoms with Crippen LogP contribution in [0.3, 0.4) is 0 Å². The first-order valence-corrected chi connectivity index (χ1v) is 7.91. The van der Waals surface area contributed by atoms with E-state index in [0.29, 0.717) is 6.04 Å². The van der Waals surface area contributed by atoms with E-state index in [2.05, 4.69) is 45.1 Å². The van der Waals surface area contributed by atoms with Gasteiger partial charge in [-0.2, -0.15) is 11.8 Å². The van der Waals surface area contributed by atoms with Gasteiger partial charge >= 0.3 is 17.1 Å². The zero-order valence-corrected chi connectivity index (χ0v) is 14.3. The second-order valence-electron chi connectivity index (χ2n) is 5.42. The van der Waals surface area contributed by atoms with Gasteiger partial charge in [0.2, 0.25) is 0 Å². The maximum absolute atomic E-state index is 2.49. The molecule has 0 unspecified atom stereocenters. The molecule has 108 valence electrons. The molecule has 1 nitrogen and oxygen atoms in total. The van der Waals surface area contributed by atoms with Crippen LogP contribution in [0.1, 0.15) is 13.8 Å². The van der Waals surface area contributed by atoms with Crippen molar-refractivity contribution in [2.45, 2.75) is 19.9 Å². The van der Waals surface area contributed by atoms with Crippen molar-refractivity contribution in [3.63, 3.8) is 0 Å². The van der Waals surface area contributed by atoms with E-state index in [9.17, 15) is 0 Å². The SMILES string of the molecule is CC(C)[C@H]1CS[C]2[CH][CH][CH][C]2CN1C.[CH]1[CH][CH][CH][CH]1.[Fe+2]. The number of rotatable bonds is 1. The van der Waals surface area contributed by atoms with E-state index in [1.54, 1.807) is 0 Å². The Kier molecular flexibility index (Phi) is 9.22. The van der Waals surface area contributed by atoms with E-state index in [0.717, 1.165) is 12.5 Å². The molecule has 0 N–H and O–H groups in total. The van der Waals surface area contributed by atoms with Gasteiger partial charge in [-0.3, -0.25) is 0 Å². The molecule has 10 radical (unpaired) electrons. The van der Waals surface area contributed by atoms with Crippen LogP contribution in [-0.2, 0) is 17.1 Å². The van der Waals surface area contributed by atoms with Crippen LogP contribution >= 0.6 is 11.8 Å². The summed E-state index contributed by atoms with van der Waals surface area (Å²) in [5, 5.41) is 1.49. The average Bonchev–Trinajstić information content (AvgIpc) is 3.02. The summed E-state index contributed by atoms with van der Waals surface area (Å²) in [5.41, 5.74) is 0. The summed E-state index contributed by atoms with van der Waals surface area (Å²) in [6.07, 6.45) is 16.7. The molecule has 20 heavy (non-hydrogen) atoms. The van der Waals surface area contributed by atoms with Crippen LogP contribution in [0.4, 0.5) is 0 Å². The normalized spacial score (nSPS) is 28.5. The second kappa shape index (κ2) is 9.77. The minimum atomic E-state index is 0. The zero-order valence-electron chi connectivity index (χ0n) is 12.4. The predicted octanol–water partition coefficient (Wildman–Crippen LogP) is 3.44. The molecule has 1 aliphatic heterocycles. The van der Waals surface area contributed by atoms with Crippen molar-refractivity contribution in [3.05, 3.63) is 62.5 Å².